The number of benzene rings is 2. The predicted molar refractivity (Wildman–Crippen MR) is 113 cm³/mol. The van der Waals surface area contributed by atoms with E-state index in [0.717, 1.165) is 16.9 Å². The molecule has 1 aliphatic rings. The summed E-state index contributed by atoms with van der Waals surface area (Å²) in [5.41, 5.74) is 1.41. The van der Waals surface area contributed by atoms with E-state index in [-0.39, 0.29) is 18.4 Å². The van der Waals surface area contributed by atoms with E-state index in [1.165, 1.54) is 7.11 Å². The fourth-order valence-corrected chi connectivity index (χ4v) is 3.58. The Hall–Kier alpha value is -3.02. The van der Waals surface area contributed by atoms with E-state index in [9.17, 15) is 9.59 Å². The largest absolute Gasteiger partial charge is 0.489 e. The molecule has 0 bridgehead atoms. The normalized spacial score (nSPS) is 18.7. The summed E-state index contributed by atoms with van der Waals surface area (Å²) in [6, 6.07) is 17.6. The van der Waals surface area contributed by atoms with Crippen molar-refractivity contribution in [2.24, 2.45) is 5.92 Å². The van der Waals surface area contributed by atoms with Gasteiger partial charge in [-0.25, -0.2) is 4.79 Å². The van der Waals surface area contributed by atoms with E-state index in [0.29, 0.717) is 13.2 Å². The van der Waals surface area contributed by atoms with Gasteiger partial charge in [0.2, 0.25) is 0 Å². The number of hydrogen-bond acceptors (Lipinski definition) is 5. The zero-order valence-corrected chi connectivity index (χ0v) is 18.0. The van der Waals surface area contributed by atoms with Gasteiger partial charge in [-0.15, -0.1) is 0 Å². The molecule has 1 heterocycles. The average molecular weight is 411 g/mol. The molecule has 160 valence electrons. The second kappa shape index (κ2) is 9.20. The Morgan fingerprint density at radius 1 is 1.03 bits per heavy atom. The van der Waals surface area contributed by atoms with Crippen LogP contribution in [0.5, 0.6) is 5.75 Å². The van der Waals surface area contributed by atoms with E-state index in [1.54, 1.807) is 4.90 Å². The number of amides is 1. The molecule has 0 radical (unpaired) electrons. The molecule has 0 N–H and O–H groups in total. The molecule has 0 unspecified atom stereocenters. The van der Waals surface area contributed by atoms with Crippen molar-refractivity contribution >= 4 is 12.1 Å². The average Bonchev–Trinajstić information content (AvgIpc) is 3.17. The fourth-order valence-electron chi connectivity index (χ4n) is 3.58. The Kier molecular flexibility index (Phi) is 6.65. The van der Waals surface area contributed by atoms with Crippen LogP contribution in [0.4, 0.5) is 4.79 Å². The molecule has 6 heteroatoms. The van der Waals surface area contributed by atoms with Crippen LogP contribution in [0.1, 0.15) is 37.8 Å². The number of ether oxygens (including phenoxy) is 3. The number of carbonyl (C=O) groups is 2. The lowest BCUT2D eigenvalue weighted by atomic mass is 9.89. The van der Waals surface area contributed by atoms with Crippen molar-refractivity contribution in [3.63, 3.8) is 0 Å². The lowest BCUT2D eigenvalue weighted by Crippen LogP contribution is -2.36. The monoisotopic (exact) mass is 411 g/mol. The third-order valence-electron chi connectivity index (χ3n) is 5.01. The van der Waals surface area contributed by atoms with Crippen LogP contribution < -0.4 is 4.74 Å². The molecule has 2 atom stereocenters. The number of nitrogens with zero attached hydrogens (tertiary/aromatic N) is 1. The molecule has 30 heavy (non-hydrogen) atoms. The lowest BCUT2D eigenvalue weighted by Gasteiger charge is -2.24. The van der Waals surface area contributed by atoms with Crippen LogP contribution in [0.15, 0.2) is 54.6 Å². The molecule has 6 nitrogen and oxygen atoms in total. The number of esters is 1. The SMILES string of the molecule is COC(=O)[C@H]1CN(C(=O)OC(C)(C)C)C[C@H]1c1cccc(OCc2ccccc2)c1. The topological polar surface area (TPSA) is 65.1 Å². The number of likely N-dealkylation sites (tertiary alicyclic amines) is 1. The predicted octanol–water partition coefficient (Wildman–Crippen LogP) is 4.39. The van der Waals surface area contributed by atoms with Gasteiger partial charge in [0.05, 0.1) is 13.0 Å². The van der Waals surface area contributed by atoms with Gasteiger partial charge in [0.25, 0.3) is 0 Å². The van der Waals surface area contributed by atoms with Crippen molar-refractivity contribution in [3.05, 3.63) is 65.7 Å². The van der Waals surface area contributed by atoms with Crippen molar-refractivity contribution in [2.75, 3.05) is 20.2 Å². The molecule has 1 amide bonds. The van der Waals surface area contributed by atoms with Crippen LogP contribution >= 0.6 is 0 Å². The molecule has 0 spiro atoms. The molecular weight excluding hydrogens is 382 g/mol. The molecule has 1 fully saturated rings. The summed E-state index contributed by atoms with van der Waals surface area (Å²) in [5.74, 6) is -0.255. The number of hydrogen-bond donors (Lipinski definition) is 0. The van der Waals surface area contributed by atoms with E-state index >= 15 is 0 Å². The van der Waals surface area contributed by atoms with Crippen molar-refractivity contribution in [3.8, 4) is 5.75 Å². The van der Waals surface area contributed by atoms with Crippen LogP contribution in [-0.4, -0.2) is 42.8 Å². The first-order chi connectivity index (χ1) is 14.3. The van der Waals surface area contributed by atoms with E-state index < -0.39 is 17.6 Å². The van der Waals surface area contributed by atoms with Crippen molar-refractivity contribution in [2.45, 2.75) is 38.9 Å². The molecule has 2 aromatic rings. The van der Waals surface area contributed by atoms with Gasteiger partial charge in [0.15, 0.2) is 0 Å². The van der Waals surface area contributed by atoms with Crippen LogP contribution in [0.2, 0.25) is 0 Å². The highest BCUT2D eigenvalue weighted by Gasteiger charge is 2.42. The highest BCUT2D eigenvalue weighted by Crippen LogP contribution is 2.35. The van der Waals surface area contributed by atoms with Gasteiger partial charge in [-0.1, -0.05) is 42.5 Å². The Bertz CT molecular complexity index is 875. The molecule has 1 aliphatic heterocycles. The van der Waals surface area contributed by atoms with Gasteiger partial charge >= 0.3 is 12.1 Å². The van der Waals surface area contributed by atoms with Crippen LogP contribution in [0.25, 0.3) is 0 Å². The first kappa shape index (κ1) is 21.7. The summed E-state index contributed by atoms with van der Waals surface area (Å²) in [7, 11) is 1.37. The third-order valence-corrected chi connectivity index (χ3v) is 5.01. The van der Waals surface area contributed by atoms with Crippen molar-refractivity contribution < 1.29 is 23.8 Å². The zero-order valence-electron chi connectivity index (χ0n) is 18.0. The maximum absolute atomic E-state index is 12.5. The highest BCUT2D eigenvalue weighted by atomic mass is 16.6. The Morgan fingerprint density at radius 2 is 1.77 bits per heavy atom. The maximum atomic E-state index is 12.5. The van der Waals surface area contributed by atoms with Crippen molar-refractivity contribution in [1.82, 2.24) is 4.90 Å². The molecule has 2 aromatic carbocycles. The summed E-state index contributed by atoms with van der Waals surface area (Å²) in [5, 5.41) is 0. The summed E-state index contributed by atoms with van der Waals surface area (Å²) < 4.78 is 16.4. The molecule has 0 aromatic heterocycles. The summed E-state index contributed by atoms with van der Waals surface area (Å²) >= 11 is 0. The Morgan fingerprint density at radius 3 is 2.43 bits per heavy atom. The number of carbonyl (C=O) groups excluding carboxylic acids is 2. The fraction of sp³-hybridized carbons (Fsp3) is 0.417. The second-order valence-corrected chi connectivity index (χ2v) is 8.47. The smallest absolute Gasteiger partial charge is 0.410 e. The summed E-state index contributed by atoms with van der Waals surface area (Å²) in [6.45, 7) is 6.58. The molecule has 0 saturated carbocycles. The summed E-state index contributed by atoms with van der Waals surface area (Å²) in [6.07, 6.45) is -0.421. The first-order valence-corrected chi connectivity index (χ1v) is 10.1. The van der Waals surface area contributed by atoms with E-state index in [1.807, 2.05) is 75.4 Å². The lowest BCUT2D eigenvalue weighted by molar-refractivity contribution is -0.145. The Labute approximate surface area is 177 Å². The maximum Gasteiger partial charge on any atom is 0.410 e. The van der Waals surface area contributed by atoms with Crippen LogP contribution in [0.3, 0.4) is 0 Å². The standard InChI is InChI=1S/C24H29NO5/c1-24(2,3)30-23(27)25-14-20(21(15-25)22(26)28-4)18-11-8-12-19(13-18)29-16-17-9-6-5-7-10-17/h5-13,20-21H,14-16H2,1-4H3/t20-,21-/m0/s1. The quantitative estimate of drug-likeness (QED) is 0.683. The molecule has 3 rings (SSSR count). The first-order valence-electron chi connectivity index (χ1n) is 10.1. The van der Waals surface area contributed by atoms with Crippen LogP contribution in [0, 0.1) is 5.92 Å². The number of rotatable bonds is 5. The summed E-state index contributed by atoms with van der Waals surface area (Å²) in [4.78, 5) is 26.5. The number of methoxy groups -OCH3 is 1. The van der Waals surface area contributed by atoms with E-state index in [2.05, 4.69) is 0 Å². The highest BCUT2D eigenvalue weighted by molar-refractivity contribution is 5.77. The second-order valence-electron chi connectivity index (χ2n) is 8.47. The Balaban J connectivity index is 1.76. The minimum atomic E-state index is -0.596. The van der Waals surface area contributed by atoms with Gasteiger partial charge in [-0.2, -0.15) is 0 Å². The minimum absolute atomic E-state index is 0.190. The molecule has 1 saturated heterocycles. The van der Waals surface area contributed by atoms with Gasteiger partial charge in [0, 0.05) is 19.0 Å². The van der Waals surface area contributed by atoms with Gasteiger partial charge in [-0.05, 0) is 44.0 Å². The minimum Gasteiger partial charge on any atom is -0.489 e. The van der Waals surface area contributed by atoms with Crippen molar-refractivity contribution in [1.29, 1.82) is 0 Å². The van der Waals surface area contributed by atoms with Gasteiger partial charge in [0.1, 0.15) is 18.0 Å². The molecule has 0 aliphatic carbocycles. The zero-order chi connectivity index (χ0) is 21.7. The third kappa shape index (κ3) is 5.53. The van der Waals surface area contributed by atoms with Crippen LogP contribution in [-0.2, 0) is 20.9 Å². The van der Waals surface area contributed by atoms with E-state index in [4.69, 9.17) is 14.2 Å². The molecular formula is C24H29NO5. The van der Waals surface area contributed by atoms with Gasteiger partial charge < -0.3 is 19.1 Å². The van der Waals surface area contributed by atoms with Gasteiger partial charge in [-0.3, -0.25) is 4.79 Å².